The second-order valence-corrected chi connectivity index (χ2v) is 7.42. The van der Waals surface area contributed by atoms with Gasteiger partial charge in [-0.3, -0.25) is 14.4 Å². The van der Waals surface area contributed by atoms with Crippen LogP contribution in [0.15, 0.2) is 40.2 Å². The Kier molecular flexibility index (Phi) is 5.50. The Morgan fingerprint density at radius 1 is 1.24 bits per heavy atom. The topological polar surface area (TPSA) is 78.5 Å². The van der Waals surface area contributed by atoms with Crippen molar-refractivity contribution in [2.45, 2.75) is 6.42 Å². The van der Waals surface area contributed by atoms with Gasteiger partial charge < -0.3 is 15.5 Å². The number of amides is 3. The Balaban J connectivity index is 1.66. The summed E-state index contributed by atoms with van der Waals surface area (Å²) in [5.41, 5.74) is 1.37. The molecular weight excluding hydrogens is 406 g/mol. The number of benzene rings is 1. The SMILES string of the molecule is O=C1CN(C(=O)c2sccc2NC(=O)Cc2ccc(Br)cc2)CCN1. The van der Waals surface area contributed by atoms with Crippen LogP contribution in [0.1, 0.15) is 15.2 Å². The van der Waals surface area contributed by atoms with E-state index in [1.54, 1.807) is 11.4 Å². The van der Waals surface area contributed by atoms with Crippen molar-refractivity contribution in [3.63, 3.8) is 0 Å². The molecule has 1 aliphatic rings. The van der Waals surface area contributed by atoms with Gasteiger partial charge in [-0.1, -0.05) is 28.1 Å². The van der Waals surface area contributed by atoms with Crippen LogP contribution in [0.3, 0.4) is 0 Å². The van der Waals surface area contributed by atoms with Gasteiger partial charge in [0.25, 0.3) is 5.91 Å². The average molecular weight is 422 g/mol. The zero-order chi connectivity index (χ0) is 17.8. The molecule has 0 saturated carbocycles. The second-order valence-electron chi connectivity index (χ2n) is 5.59. The number of rotatable bonds is 4. The molecule has 3 amide bonds. The molecule has 6 nitrogen and oxygen atoms in total. The highest BCUT2D eigenvalue weighted by Crippen LogP contribution is 2.24. The fourth-order valence-corrected chi connectivity index (χ4v) is 3.59. The number of carbonyl (C=O) groups excluding carboxylic acids is 3. The van der Waals surface area contributed by atoms with Crippen molar-refractivity contribution in [3.8, 4) is 0 Å². The number of thiophene rings is 1. The number of halogens is 1. The second kappa shape index (κ2) is 7.79. The van der Waals surface area contributed by atoms with Gasteiger partial charge in [0.2, 0.25) is 11.8 Å². The monoisotopic (exact) mass is 421 g/mol. The van der Waals surface area contributed by atoms with E-state index >= 15 is 0 Å². The average Bonchev–Trinajstić information content (AvgIpc) is 3.04. The first-order valence-corrected chi connectivity index (χ1v) is 9.38. The molecule has 1 aromatic carbocycles. The minimum absolute atomic E-state index is 0.0447. The van der Waals surface area contributed by atoms with E-state index in [0.717, 1.165) is 10.0 Å². The molecule has 2 aromatic rings. The standard InChI is InChI=1S/C17H16BrN3O3S/c18-12-3-1-11(2-4-12)9-14(22)20-13-5-8-25-16(13)17(24)21-7-6-19-15(23)10-21/h1-5,8H,6-7,9-10H2,(H,19,23)(H,20,22). The molecule has 1 aliphatic heterocycles. The zero-order valence-corrected chi connectivity index (χ0v) is 15.7. The largest absolute Gasteiger partial charge is 0.353 e. The molecule has 1 saturated heterocycles. The molecule has 25 heavy (non-hydrogen) atoms. The van der Waals surface area contributed by atoms with Gasteiger partial charge in [-0.15, -0.1) is 11.3 Å². The maximum Gasteiger partial charge on any atom is 0.266 e. The van der Waals surface area contributed by atoms with Crippen LogP contribution < -0.4 is 10.6 Å². The molecule has 1 aromatic heterocycles. The Morgan fingerprint density at radius 3 is 2.72 bits per heavy atom. The van der Waals surface area contributed by atoms with Crippen molar-refractivity contribution in [2.75, 3.05) is 25.0 Å². The summed E-state index contributed by atoms with van der Waals surface area (Å²) < 4.78 is 0.952. The summed E-state index contributed by atoms with van der Waals surface area (Å²) in [7, 11) is 0. The zero-order valence-electron chi connectivity index (χ0n) is 13.3. The number of anilines is 1. The van der Waals surface area contributed by atoms with Crippen LogP contribution in [0.5, 0.6) is 0 Å². The third kappa shape index (κ3) is 4.46. The highest BCUT2D eigenvalue weighted by Gasteiger charge is 2.25. The van der Waals surface area contributed by atoms with E-state index in [0.29, 0.717) is 23.7 Å². The molecule has 0 aliphatic carbocycles. The smallest absolute Gasteiger partial charge is 0.266 e. The van der Waals surface area contributed by atoms with Gasteiger partial charge in [0.1, 0.15) is 4.88 Å². The lowest BCUT2D eigenvalue weighted by Crippen LogP contribution is -2.49. The predicted octanol–water partition coefficient (Wildman–Crippen LogP) is 2.26. The molecular formula is C17H16BrN3O3S. The Morgan fingerprint density at radius 2 is 2.00 bits per heavy atom. The number of hydrogen-bond donors (Lipinski definition) is 2. The normalized spacial score (nSPS) is 14.1. The van der Waals surface area contributed by atoms with E-state index in [1.165, 1.54) is 16.2 Å². The van der Waals surface area contributed by atoms with E-state index in [9.17, 15) is 14.4 Å². The van der Waals surface area contributed by atoms with E-state index in [1.807, 2.05) is 24.3 Å². The molecule has 0 bridgehead atoms. The molecule has 0 spiro atoms. The van der Waals surface area contributed by atoms with Crippen LogP contribution in [-0.4, -0.2) is 42.3 Å². The summed E-state index contributed by atoms with van der Waals surface area (Å²) in [4.78, 5) is 38.3. The van der Waals surface area contributed by atoms with Gasteiger partial charge in [0, 0.05) is 17.6 Å². The third-order valence-electron chi connectivity index (χ3n) is 3.74. The molecule has 1 fully saturated rings. The molecule has 8 heteroatoms. The third-order valence-corrected chi connectivity index (χ3v) is 5.17. The number of nitrogens with zero attached hydrogens (tertiary/aromatic N) is 1. The number of piperazine rings is 1. The lowest BCUT2D eigenvalue weighted by atomic mass is 10.1. The molecule has 2 N–H and O–H groups in total. The summed E-state index contributed by atoms with van der Waals surface area (Å²) in [5.74, 6) is -0.591. The van der Waals surface area contributed by atoms with Gasteiger partial charge in [-0.25, -0.2) is 0 Å². The number of carbonyl (C=O) groups is 3. The van der Waals surface area contributed by atoms with Crippen LogP contribution in [0, 0.1) is 0 Å². The molecule has 2 heterocycles. The van der Waals surface area contributed by atoms with Crippen LogP contribution in [-0.2, 0) is 16.0 Å². The Hall–Kier alpha value is -2.19. The van der Waals surface area contributed by atoms with Crippen LogP contribution in [0.4, 0.5) is 5.69 Å². The first kappa shape index (κ1) is 17.6. The van der Waals surface area contributed by atoms with Gasteiger partial charge >= 0.3 is 0 Å². The Bertz CT molecular complexity index is 804. The fraction of sp³-hybridized carbons (Fsp3) is 0.235. The first-order valence-electron chi connectivity index (χ1n) is 7.70. The van der Waals surface area contributed by atoms with E-state index in [-0.39, 0.29) is 30.7 Å². The minimum Gasteiger partial charge on any atom is -0.353 e. The highest BCUT2D eigenvalue weighted by atomic mass is 79.9. The van der Waals surface area contributed by atoms with Gasteiger partial charge in [-0.2, -0.15) is 0 Å². The van der Waals surface area contributed by atoms with Crippen molar-refractivity contribution in [2.24, 2.45) is 0 Å². The lowest BCUT2D eigenvalue weighted by Gasteiger charge is -2.26. The highest BCUT2D eigenvalue weighted by molar-refractivity contribution is 9.10. The summed E-state index contributed by atoms with van der Waals surface area (Å²) in [6, 6.07) is 9.21. The van der Waals surface area contributed by atoms with Gasteiger partial charge in [0.15, 0.2) is 0 Å². The maximum absolute atomic E-state index is 12.6. The lowest BCUT2D eigenvalue weighted by molar-refractivity contribution is -0.123. The van der Waals surface area contributed by atoms with Crippen molar-refractivity contribution in [3.05, 3.63) is 50.6 Å². The van der Waals surface area contributed by atoms with Crippen LogP contribution in [0.2, 0.25) is 0 Å². The van der Waals surface area contributed by atoms with Gasteiger partial charge in [-0.05, 0) is 29.1 Å². The van der Waals surface area contributed by atoms with Crippen LogP contribution >= 0.6 is 27.3 Å². The molecule has 0 unspecified atom stereocenters. The number of hydrogen-bond acceptors (Lipinski definition) is 4. The molecule has 0 atom stereocenters. The van der Waals surface area contributed by atoms with Crippen molar-refractivity contribution >= 4 is 50.7 Å². The van der Waals surface area contributed by atoms with Crippen molar-refractivity contribution < 1.29 is 14.4 Å². The van der Waals surface area contributed by atoms with E-state index < -0.39 is 0 Å². The first-order chi connectivity index (χ1) is 12.0. The van der Waals surface area contributed by atoms with Crippen LogP contribution in [0.25, 0.3) is 0 Å². The van der Waals surface area contributed by atoms with Crippen molar-refractivity contribution in [1.29, 1.82) is 0 Å². The minimum atomic E-state index is -0.233. The maximum atomic E-state index is 12.6. The summed E-state index contributed by atoms with van der Waals surface area (Å²) in [6.45, 7) is 0.957. The molecule has 130 valence electrons. The molecule has 3 rings (SSSR count). The molecule has 0 radical (unpaired) electrons. The van der Waals surface area contributed by atoms with Gasteiger partial charge in [0.05, 0.1) is 18.7 Å². The van der Waals surface area contributed by atoms with E-state index in [4.69, 9.17) is 0 Å². The summed E-state index contributed by atoms with van der Waals surface area (Å²) >= 11 is 4.62. The van der Waals surface area contributed by atoms with Crippen molar-refractivity contribution in [1.82, 2.24) is 10.2 Å². The number of nitrogens with one attached hydrogen (secondary N) is 2. The Labute approximate surface area is 157 Å². The predicted molar refractivity (Wildman–Crippen MR) is 99.7 cm³/mol. The summed E-state index contributed by atoms with van der Waals surface area (Å²) in [5, 5.41) is 7.24. The quantitative estimate of drug-likeness (QED) is 0.794. The van der Waals surface area contributed by atoms with E-state index in [2.05, 4.69) is 26.6 Å². The summed E-state index contributed by atoms with van der Waals surface area (Å²) in [6.07, 6.45) is 0.225. The fourth-order valence-electron chi connectivity index (χ4n) is 2.51.